The second-order valence-electron chi connectivity index (χ2n) is 6.03. The molecule has 0 spiro atoms. The number of ether oxygens (including phenoxy) is 1. The fraction of sp³-hybridized carbons (Fsp3) is 0.647. The van der Waals surface area contributed by atoms with E-state index in [4.69, 9.17) is 10.5 Å². The summed E-state index contributed by atoms with van der Waals surface area (Å²) in [7, 11) is 1.71. The van der Waals surface area contributed by atoms with Crippen molar-refractivity contribution in [1.82, 2.24) is 4.90 Å². The topological polar surface area (TPSA) is 38.5 Å². The minimum atomic E-state index is 0.337. The Bertz CT molecular complexity index is 390. The second-order valence-corrected chi connectivity index (χ2v) is 6.03. The first-order chi connectivity index (χ1) is 9.71. The molecular weight excluding hydrogens is 248 g/mol. The Morgan fingerprint density at radius 2 is 2.00 bits per heavy atom. The minimum Gasteiger partial charge on any atom is -0.497 e. The summed E-state index contributed by atoms with van der Waals surface area (Å²) in [6.07, 6.45) is 4.81. The molecule has 2 N–H and O–H groups in total. The first kappa shape index (κ1) is 15.3. The van der Waals surface area contributed by atoms with Crippen molar-refractivity contribution in [3.63, 3.8) is 0 Å². The van der Waals surface area contributed by atoms with Crippen LogP contribution in [0.15, 0.2) is 24.3 Å². The Labute approximate surface area is 123 Å². The third kappa shape index (κ3) is 4.50. The van der Waals surface area contributed by atoms with Gasteiger partial charge in [-0.25, -0.2) is 0 Å². The van der Waals surface area contributed by atoms with Crippen LogP contribution in [-0.2, 0) is 6.42 Å². The molecule has 112 valence electrons. The van der Waals surface area contributed by atoms with E-state index in [-0.39, 0.29) is 0 Å². The zero-order valence-corrected chi connectivity index (χ0v) is 12.8. The van der Waals surface area contributed by atoms with Crippen molar-refractivity contribution >= 4 is 0 Å². The fourth-order valence-corrected chi connectivity index (χ4v) is 3.16. The summed E-state index contributed by atoms with van der Waals surface area (Å²) < 4.78 is 5.21. The molecule has 1 aliphatic rings. The van der Waals surface area contributed by atoms with Crippen LogP contribution < -0.4 is 10.5 Å². The fourth-order valence-electron chi connectivity index (χ4n) is 3.16. The lowest BCUT2D eigenvalue weighted by Gasteiger charge is -2.36. The van der Waals surface area contributed by atoms with E-state index in [1.807, 2.05) is 12.1 Å². The number of likely N-dealkylation sites (tertiary alicyclic amines) is 1. The van der Waals surface area contributed by atoms with Gasteiger partial charge in [0, 0.05) is 19.1 Å². The van der Waals surface area contributed by atoms with Crippen molar-refractivity contribution in [3.05, 3.63) is 29.8 Å². The van der Waals surface area contributed by atoms with E-state index in [0.717, 1.165) is 25.1 Å². The van der Waals surface area contributed by atoms with Crippen LogP contribution >= 0.6 is 0 Å². The molecule has 0 aliphatic carbocycles. The standard InChI is InChI=1S/C17H28N2O/c1-3-4-9-19-12-15(11-16(18)13-19)10-14-5-7-17(20-2)8-6-14/h5-8,15-16H,3-4,9-13,18H2,1-2H3. The van der Waals surface area contributed by atoms with Gasteiger partial charge in [-0.1, -0.05) is 25.5 Å². The largest absolute Gasteiger partial charge is 0.497 e. The van der Waals surface area contributed by atoms with Crippen LogP contribution in [0.1, 0.15) is 31.7 Å². The van der Waals surface area contributed by atoms with E-state index in [1.165, 1.54) is 31.5 Å². The number of hydrogen-bond acceptors (Lipinski definition) is 3. The maximum atomic E-state index is 6.22. The number of unbranched alkanes of at least 4 members (excludes halogenated alkanes) is 1. The smallest absolute Gasteiger partial charge is 0.118 e. The van der Waals surface area contributed by atoms with Crippen LogP contribution in [-0.4, -0.2) is 37.7 Å². The van der Waals surface area contributed by atoms with Gasteiger partial charge in [-0.15, -0.1) is 0 Å². The van der Waals surface area contributed by atoms with Gasteiger partial charge in [0.1, 0.15) is 5.75 Å². The molecule has 0 bridgehead atoms. The van der Waals surface area contributed by atoms with Gasteiger partial charge in [-0.3, -0.25) is 0 Å². The molecule has 1 saturated heterocycles. The van der Waals surface area contributed by atoms with Crippen LogP contribution in [0, 0.1) is 5.92 Å². The number of piperidine rings is 1. The molecule has 1 aliphatic heterocycles. The van der Waals surface area contributed by atoms with Crippen molar-refractivity contribution in [2.45, 2.75) is 38.6 Å². The van der Waals surface area contributed by atoms with E-state index in [2.05, 4.69) is 24.0 Å². The highest BCUT2D eigenvalue weighted by atomic mass is 16.5. The van der Waals surface area contributed by atoms with Gasteiger partial charge in [0.25, 0.3) is 0 Å². The van der Waals surface area contributed by atoms with Gasteiger partial charge < -0.3 is 15.4 Å². The van der Waals surface area contributed by atoms with E-state index in [0.29, 0.717) is 12.0 Å². The lowest BCUT2D eigenvalue weighted by Crippen LogP contribution is -2.47. The Morgan fingerprint density at radius 1 is 1.25 bits per heavy atom. The zero-order chi connectivity index (χ0) is 14.4. The van der Waals surface area contributed by atoms with Gasteiger partial charge in [-0.2, -0.15) is 0 Å². The molecule has 1 aromatic rings. The third-order valence-electron chi connectivity index (χ3n) is 4.16. The summed E-state index contributed by atoms with van der Waals surface area (Å²) in [5.41, 5.74) is 7.61. The van der Waals surface area contributed by atoms with Crippen molar-refractivity contribution in [2.75, 3.05) is 26.7 Å². The molecule has 20 heavy (non-hydrogen) atoms. The Hall–Kier alpha value is -1.06. The number of methoxy groups -OCH3 is 1. The third-order valence-corrected chi connectivity index (χ3v) is 4.16. The number of nitrogens with zero attached hydrogens (tertiary/aromatic N) is 1. The highest BCUT2D eigenvalue weighted by Gasteiger charge is 2.24. The summed E-state index contributed by atoms with van der Waals surface area (Å²) >= 11 is 0. The molecule has 2 unspecified atom stereocenters. The average molecular weight is 276 g/mol. The molecule has 1 aromatic carbocycles. The molecule has 3 heteroatoms. The highest BCUT2D eigenvalue weighted by Crippen LogP contribution is 2.22. The Balaban J connectivity index is 1.89. The maximum absolute atomic E-state index is 6.22. The lowest BCUT2D eigenvalue weighted by atomic mass is 9.89. The summed E-state index contributed by atoms with van der Waals surface area (Å²) in [6.45, 7) is 5.71. The number of hydrogen-bond donors (Lipinski definition) is 1. The number of nitrogens with two attached hydrogens (primary N) is 1. The van der Waals surface area contributed by atoms with Crippen molar-refractivity contribution in [1.29, 1.82) is 0 Å². The van der Waals surface area contributed by atoms with Gasteiger partial charge in [0.05, 0.1) is 7.11 Å². The Morgan fingerprint density at radius 3 is 2.65 bits per heavy atom. The van der Waals surface area contributed by atoms with Crippen LogP contribution in [0.5, 0.6) is 5.75 Å². The molecule has 3 nitrogen and oxygen atoms in total. The molecule has 2 rings (SSSR count). The number of benzene rings is 1. The van der Waals surface area contributed by atoms with Crippen LogP contribution in [0.25, 0.3) is 0 Å². The molecule has 0 amide bonds. The molecule has 1 heterocycles. The van der Waals surface area contributed by atoms with E-state index in [9.17, 15) is 0 Å². The molecular formula is C17H28N2O. The summed E-state index contributed by atoms with van der Waals surface area (Å²) in [5, 5.41) is 0. The first-order valence-corrected chi connectivity index (χ1v) is 7.82. The van der Waals surface area contributed by atoms with E-state index in [1.54, 1.807) is 7.11 Å². The van der Waals surface area contributed by atoms with Crippen LogP contribution in [0.4, 0.5) is 0 Å². The van der Waals surface area contributed by atoms with Crippen molar-refractivity contribution in [3.8, 4) is 5.75 Å². The summed E-state index contributed by atoms with van der Waals surface area (Å²) in [6, 6.07) is 8.79. The molecule has 2 atom stereocenters. The monoisotopic (exact) mass is 276 g/mol. The van der Waals surface area contributed by atoms with Crippen LogP contribution in [0.3, 0.4) is 0 Å². The number of rotatable bonds is 6. The second kappa shape index (κ2) is 7.65. The zero-order valence-electron chi connectivity index (χ0n) is 12.8. The first-order valence-electron chi connectivity index (χ1n) is 7.82. The lowest BCUT2D eigenvalue weighted by molar-refractivity contribution is 0.154. The van der Waals surface area contributed by atoms with Gasteiger partial charge in [0.2, 0.25) is 0 Å². The van der Waals surface area contributed by atoms with Gasteiger partial charge >= 0.3 is 0 Å². The molecule has 0 aromatic heterocycles. The van der Waals surface area contributed by atoms with Crippen molar-refractivity contribution in [2.24, 2.45) is 11.7 Å². The minimum absolute atomic E-state index is 0.337. The Kier molecular flexibility index (Phi) is 5.86. The predicted octanol–water partition coefficient (Wildman–Crippen LogP) is 2.69. The van der Waals surface area contributed by atoms with Gasteiger partial charge in [0.15, 0.2) is 0 Å². The molecule has 1 fully saturated rings. The molecule has 0 saturated carbocycles. The van der Waals surface area contributed by atoms with E-state index >= 15 is 0 Å². The van der Waals surface area contributed by atoms with Crippen molar-refractivity contribution < 1.29 is 4.74 Å². The van der Waals surface area contributed by atoms with Gasteiger partial charge in [-0.05, 0) is 49.4 Å². The van der Waals surface area contributed by atoms with Crippen LogP contribution in [0.2, 0.25) is 0 Å². The average Bonchev–Trinajstić information content (AvgIpc) is 2.45. The SMILES string of the molecule is CCCCN1CC(N)CC(Cc2ccc(OC)cc2)C1. The highest BCUT2D eigenvalue weighted by molar-refractivity contribution is 5.27. The maximum Gasteiger partial charge on any atom is 0.118 e. The summed E-state index contributed by atoms with van der Waals surface area (Å²) in [5.74, 6) is 1.61. The molecule has 0 radical (unpaired) electrons. The predicted molar refractivity (Wildman–Crippen MR) is 84.1 cm³/mol. The normalized spacial score (nSPS) is 23.8. The quantitative estimate of drug-likeness (QED) is 0.868. The summed E-state index contributed by atoms with van der Waals surface area (Å²) in [4.78, 5) is 2.55. The van der Waals surface area contributed by atoms with E-state index < -0.39 is 0 Å².